The Morgan fingerprint density at radius 3 is 2.50 bits per heavy atom. The minimum Gasteiger partial charge on any atom is -0.445 e. The lowest BCUT2D eigenvalue weighted by atomic mass is 10.1. The van der Waals surface area contributed by atoms with E-state index in [2.05, 4.69) is 45.4 Å². The molecule has 0 fully saturated rings. The van der Waals surface area contributed by atoms with Crippen molar-refractivity contribution in [3.8, 4) is 11.4 Å². The van der Waals surface area contributed by atoms with Gasteiger partial charge in [-0.15, -0.1) is 10.2 Å². The summed E-state index contributed by atoms with van der Waals surface area (Å²) in [5, 5.41) is 15.1. The molecule has 2 aromatic heterocycles. The number of alkyl carbamates (subject to hydrolysis) is 1. The van der Waals surface area contributed by atoms with E-state index in [1.165, 1.54) is 4.80 Å². The number of tetrazole rings is 1. The number of ether oxygens (including phenoxy) is 2. The van der Waals surface area contributed by atoms with Crippen LogP contribution in [-0.4, -0.2) is 62.4 Å². The Morgan fingerprint density at radius 1 is 1.02 bits per heavy atom. The summed E-state index contributed by atoms with van der Waals surface area (Å²) in [4.78, 5) is 30.8. The maximum absolute atomic E-state index is 12.8. The quantitative estimate of drug-likeness (QED) is 0.156. The molecule has 0 spiro atoms. The molecule has 0 aliphatic rings. The Bertz CT molecular complexity index is 1430. The van der Waals surface area contributed by atoms with Crippen LogP contribution in [0.2, 0.25) is 25.7 Å². The fourth-order valence-corrected chi connectivity index (χ4v) is 4.91. The molecule has 2 aromatic carbocycles. The molecule has 0 aliphatic carbocycles. The van der Waals surface area contributed by atoms with Crippen molar-refractivity contribution in [3.63, 3.8) is 0 Å². The van der Waals surface area contributed by atoms with Gasteiger partial charge in [0.15, 0.2) is 11.6 Å². The number of imidazole rings is 1. The zero-order valence-electron chi connectivity index (χ0n) is 24.7. The minimum atomic E-state index is -1.13. The minimum absolute atomic E-state index is 0.105. The van der Waals surface area contributed by atoms with Gasteiger partial charge in [0.2, 0.25) is 0 Å². The van der Waals surface area contributed by atoms with Crippen LogP contribution < -0.4 is 5.32 Å². The van der Waals surface area contributed by atoms with E-state index in [9.17, 15) is 9.59 Å². The highest BCUT2D eigenvalue weighted by Crippen LogP contribution is 2.19. The van der Waals surface area contributed by atoms with E-state index in [0.29, 0.717) is 25.4 Å². The maximum Gasteiger partial charge on any atom is 0.408 e. The molecule has 0 saturated carbocycles. The molecule has 1 amide bonds. The van der Waals surface area contributed by atoms with Gasteiger partial charge in [-0.3, -0.25) is 4.79 Å². The van der Waals surface area contributed by atoms with Gasteiger partial charge in [0.25, 0.3) is 0 Å². The van der Waals surface area contributed by atoms with E-state index in [1.54, 1.807) is 6.20 Å². The average Bonchev–Trinajstić information content (AvgIpc) is 3.62. The molecule has 0 bridgehead atoms. The monoisotopic (exact) mass is 589 g/mol. The molecule has 1 atom stereocenters. The molecule has 12 heteroatoms. The van der Waals surface area contributed by atoms with Gasteiger partial charge in [-0.05, 0) is 28.8 Å². The topological polar surface area (TPSA) is 126 Å². The number of Topliss-reactive ketones (excluding diaryl/α,β-unsaturated/α-hetero) is 1. The number of benzene rings is 2. The lowest BCUT2D eigenvalue weighted by Crippen LogP contribution is -2.42. The predicted octanol–water partition coefficient (Wildman–Crippen LogP) is 4.71. The van der Waals surface area contributed by atoms with Gasteiger partial charge >= 0.3 is 6.09 Å². The van der Waals surface area contributed by atoms with E-state index < -0.39 is 20.2 Å². The third-order valence-corrected chi connectivity index (χ3v) is 8.31. The Hall–Kier alpha value is -4.16. The molecule has 1 N–H and O–H groups in total. The second kappa shape index (κ2) is 14.6. The summed E-state index contributed by atoms with van der Waals surface area (Å²) in [6, 6.07) is 17.8. The third-order valence-electron chi connectivity index (χ3n) is 6.61. The molecule has 4 aromatic rings. The van der Waals surface area contributed by atoms with Crippen LogP contribution in [0.4, 0.5) is 4.79 Å². The molecule has 4 rings (SSSR count). The Balaban J connectivity index is 1.26. The van der Waals surface area contributed by atoms with Crippen LogP contribution in [0.3, 0.4) is 0 Å². The highest BCUT2D eigenvalue weighted by Gasteiger charge is 2.21. The van der Waals surface area contributed by atoms with E-state index >= 15 is 0 Å². The van der Waals surface area contributed by atoms with Crippen molar-refractivity contribution < 1.29 is 19.1 Å². The van der Waals surface area contributed by atoms with Crippen LogP contribution in [-0.2, 0) is 40.6 Å². The first-order valence-electron chi connectivity index (χ1n) is 14.1. The zero-order chi connectivity index (χ0) is 30.0. The SMILES string of the molecule is CCC(NC(=O)OCc1ccccc1)C(=O)Cn1nnc(Cc2ccc(-c3nccn3COCC[Si](C)(C)C)cc2)n1. The summed E-state index contributed by atoms with van der Waals surface area (Å²) in [5.74, 6) is 1.11. The fourth-order valence-electron chi connectivity index (χ4n) is 4.15. The highest BCUT2D eigenvalue weighted by molar-refractivity contribution is 6.76. The molecule has 11 nitrogen and oxygen atoms in total. The first-order chi connectivity index (χ1) is 20.2. The van der Waals surface area contributed by atoms with Crippen molar-refractivity contribution in [1.29, 1.82) is 0 Å². The molecule has 42 heavy (non-hydrogen) atoms. The summed E-state index contributed by atoms with van der Waals surface area (Å²) in [6.07, 6.45) is 3.93. The zero-order valence-corrected chi connectivity index (χ0v) is 25.7. The molecular weight excluding hydrogens is 550 g/mol. The van der Waals surface area contributed by atoms with Gasteiger partial charge in [-0.25, -0.2) is 9.78 Å². The van der Waals surface area contributed by atoms with Gasteiger partial charge in [0, 0.05) is 39.1 Å². The maximum atomic E-state index is 12.8. The lowest BCUT2D eigenvalue weighted by Gasteiger charge is -2.16. The second-order valence-corrected chi connectivity index (χ2v) is 16.9. The van der Waals surface area contributed by atoms with Crippen LogP contribution in [0.25, 0.3) is 11.4 Å². The van der Waals surface area contributed by atoms with Crippen LogP contribution in [0.15, 0.2) is 67.0 Å². The lowest BCUT2D eigenvalue weighted by molar-refractivity contribution is -0.122. The van der Waals surface area contributed by atoms with Gasteiger partial charge in [-0.2, -0.15) is 4.80 Å². The van der Waals surface area contributed by atoms with Crippen molar-refractivity contribution in [2.75, 3.05) is 6.61 Å². The summed E-state index contributed by atoms with van der Waals surface area (Å²) in [6.45, 7) is 10.1. The van der Waals surface area contributed by atoms with Crippen LogP contribution in [0.5, 0.6) is 0 Å². The summed E-state index contributed by atoms with van der Waals surface area (Å²) in [7, 11) is -1.13. The van der Waals surface area contributed by atoms with E-state index in [1.807, 2.05) is 72.3 Å². The summed E-state index contributed by atoms with van der Waals surface area (Å²) in [5.41, 5.74) is 2.86. The van der Waals surface area contributed by atoms with Crippen molar-refractivity contribution in [1.82, 2.24) is 35.1 Å². The van der Waals surface area contributed by atoms with Crippen molar-refractivity contribution in [2.24, 2.45) is 0 Å². The highest BCUT2D eigenvalue weighted by atomic mass is 28.3. The Labute approximate surface area is 247 Å². The molecule has 0 aliphatic heterocycles. The van der Waals surface area contributed by atoms with E-state index in [0.717, 1.165) is 35.2 Å². The number of amides is 1. The van der Waals surface area contributed by atoms with Crippen LogP contribution in [0.1, 0.15) is 30.3 Å². The molecule has 1 unspecified atom stereocenters. The molecule has 0 saturated heterocycles. The largest absolute Gasteiger partial charge is 0.445 e. The average molecular weight is 590 g/mol. The number of nitrogens with zero attached hydrogens (tertiary/aromatic N) is 6. The van der Waals surface area contributed by atoms with Gasteiger partial charge in [-0.1, -0.05) is 81.2 Å². The third kappa shape index (κ3) is 9.45. The number of hydrogen-bond acceptors (Lipinski definition) is 8. The first-order valence-corrected chi connectivity index (χ1v) is 17.9. The smallest absolute Gasteiger partial charge is 0.408 e. The summed E-state index contributed by atoms with van der Waals surface area (Å²) >= 11 is 0. The van der Waals surface area contributed by atoms with Crippen molar-refractivity contribution in [2.45, 2.75) is 71.4 Å². The number of rotatable bonds is 15. The standard InChI is InChI=1S/C30H39N7O4Si/c1-5-26(32-30(39)41-21-24-9-7-6-8-10-24)27(38)20-37-34-28(33-35-37)19-23-11-13-25(14-12-23)29-31-15-16-36(29)22-40-17-18-42(2,3)4/h6-16,26H,5,17-22H2,1-4H3,(H,32,39). The van der Waals surface area contributed by atoms with E-state index in [4.69, 9.17) is 9.47 Å². The normalized spacial score (nSPS) is 12.2. The second-order valence-electron chi connectivity index (χ2n) is 11.3. The number of ketones is 1. The Morgan fingerprint density at radius 2 is 1.79 bits per heavy atom. The van der Waals surface area contributed by atoms with Gasteiger partial charge in [0.1, 0.15) is 25.7 Å². The van der Waals surface area contributed by atoms with Crippen LogP contribution in [0, 0.1) is 0 Å². The van der Waals surface area contributed by atoms with Gasteiger partial charge in [0.05, 0.1) is 6.04 Å². The fraction of sp³-hybridized carbons (Fsp3) is 0.400. The van der Waals surface area contributed by atoms with E-state index in [-0.39, 0.29) is 18.9 Å². The summed E-state index contributed by atoms with van der Waals surface area (Å²) < 4.78 is 13.1. The number of nitrogens with one attached hydrogen (secondary N) is 1. The molecular formula is C30H39N7O4Si. The number of hydrogen-bond donors (Lipinski definition) is 1. The van der Waals surface area contributed by atoms with Crippen LogP contribution >= 0.6 is 0 Å². The molecule has 0 radical (unpaired) electrons. The first kappa shape index (κ1) is 30.8. The molecule has 2 heterocycles. The number of aromatic nitrogens is 6. The number of carbonyl (C=O) groups excluding carboxylic acids is 2. The predicted molar refractivity (Wildman–Crippen MR) is 161 cm³/mol. The number of carbonyl (C=O) groups is 2. The van der Waals surface area contributed by atoms with Crippen molar-refractivity contribution in [3.05, 3.63) is 83.9 Å². The Kier molecular flexibility index (Phi) is 10.7. The molecule has 222 valence electrons. The van der Waals surface area contributed by atoms with Crippen molar-refractivity contribution >= 4 is 20.0 Å². The van der Waals surface area contributed by atoms with Gasteiger partial charge < -0.3 is 19.4 Å².